The minimum atomic E-state index is 0.281. The number of Topliss-reactive ketones (excluding diaryl/α,β-unsaturated/α-hetero) is 1. The van der Waals surface area contributed by atoms with Gasteiger partial charge in [-0.25, -0.2) is 0 Å². The standard InChI is InChI=1S/C13H16O2/c1-3-13(14)12-8-11(12)9-4-6-10(15-2)7-5-9/h4-7,11-12H,3,8H2,1-2H3. The van der Waals surface area contributed by atoms with Crippen LogP contribution in [0.1, 0.15) is 31.2 Å². The molecule has 0 heterocycles. The Morgan fingerprint density at radius 2 is 2.07 bits per heavy atom. The van der Waals surface area contributed by atoms with Gasteiger partial charge >= 0.3 is 0 Å². The van der Waals surface area contributed by atoms with Crippen molar-refractivity contribution in [3.8, 4) is 5.75 Å². The second-order valence-corrected chi connectivity index (χ2v) is 4.04. The molecule has 2 rings (SSSR count). The first-order valence-corrected chi connectivity index (χ1v) is 5.43. The monoisotopic (exact) mass is 204 g/mol. The van der Waals surface area contributed by atoms with Crippen molar-refractivity contribution in [1.82, 2.24) is 0 Å². The third-order valence-corrected chi connectivity index (χ3v) is 3.10. The highest BCUT2D eigenvalue weighted by Crippen LogP contribution is 2.48. The van der Waals surface area contributed by atoms with Crippen molar-refractivity contribution in [2.24, 2.45) is 5.92 Å². The molecular weight excluding hydrogens is 188 g/mol. The number of carbonyl (C=O) groups excluding carboxylic acids is 1. The Hall–Kier alpha value is -1.31. The first kappa shape index (κ1) is 10.2. The summed E-state index contributed by atoms with van der Waals surface area (Å²) in [4.78, 5) is 11.5. The molecule has 2 heteroatoms. The maximum absolute atomic E-state index is 11.5. The first-order valence-electron chi connectivity index (χ1n) is 5.43. The zero-order valence-electron chi connectivity index (χ0n) is 9.19. The lowest BCUT2D eigenvalue weighted by atomic mass is 10.1. The van der Waals surface area contributed by atoms with E-state index >= 15 is 0 Å². The minimum absolute atomic E-state index is 0.281. The normalized spacial score (nSPS) is 23.6. The molecule has 2 atom stereocenters. The molecule has 1 aliphatic carbocycles. The summed E-state index contributed by atoms with van der Waals surface area (Å²) in [6.45, 7) is 1.94. The molecule has 1 saturated carbocycles. The van der Waals surface area contributed by atoms with Crippen molar-refractivity contribution in [1.29, 1.82) is 0 Å². The predicted octanol–water partition coefficient (Wildman–Crippen LogP) is 2.78. The highest BCUT2D eigenvalue weighted by Gasteiger charge is 2.42. The largest absolute Gasteiger partial charge is 0.497 e. The van der Waals surface area contributed by atoms with E-state index in [0.29, 0.717) is 18.1 Å². The molecule has 1 aliphatic rings. The van der Waals surface area contributed by atoms with Gasteiger partial charge in [-0.2, -0.15) is 0 Å². The van der Waals surface area contributed by atoms with E-state index in [1.165, 1.54) is 5.56 Å². The molecule has 0 saturated heterocycles. The van der Waals surface area contributed by atoms with Crippen LogP contribution in [-0.2, 0) is 4.79 Å². The van der Waals surface area contributed by atoms with Gasteiger partial charge in [0.1, 0.15) is 11.5 Å². The van der Waals surface area contributed by atoms with Gasteiger partial charge in [0.25, 0.3) is 0 Å². The van der Waals surface area contributed by atoms with Crippen molar-refractivity contribution in [3.05, 3.63) is 29.8 Å². The summed E-state index contributed by atoms with van der Waals surface area (Å²) in [5.74, 6) is 2.01. The molecule has 0 amide bonds. The molecule has 1 fully saturated rings. The van der Waals surface area contributed by atoms with Gasteiger partial charge in [-0.15, -0.1) is 0 Å². The smallest absolute Gasteiger partial charge is 0.136 e. The molecule has 0 radical (unpaired) electrons. The van der Waals surface area contributed by atoms with E-state index in [1.54, 1.807) is 7.11 Å². The van der Waals surface area contributed by atoms with E-state index in [4.69, 9.17) is 4.74 Å². The number of hydrogen-bond donors (Lipinski definition) is 0. The Morgan fingerprint density at radius 3 is 2.60 bits per heavy atom. The summed E-state index contributed by atoms with van der Waals surface area (Å²) in [7, 11) is 1.66. The number of carbonyl (C=O) groups is 1. The molecule has 2 unspecified atom stereocenters. The lowest BCUT2D eigenvalue weighted by Gasteiger charge is -2.02. The van der Waals surface area contributed by atoms with Crippen LogP contribution >= 0.6 is 0 Å². The van der Waals surface area contributed by atoms with E-state index < -0.39 is 0 Å². The molecule has 1 aromatic carbocycles. The van der Waals surface area contributed by atoms with E-state index in [9.17, 15) is 4.79 Å². The SMILES string of the molecule is CCC(=O)C1CC1c1ccc(OC)cc1. The molecule has 0 N–H and O–H groups in total. The Kier molecular flexibility index (Phi) is 2.76. The number of methoxy groups -OCH3 is 1. The van der Waals surface area contributed by atoms with Gasteiger partial charge in [0, 0.05) is 12.3 Å². The van der Waals surface area contributed by atoms with Gasteiger partial charge in [0.2, 0.25) is 0 Å². The zero-order chi connectivity index (χ0) is 10.8. The van der Waals surface area contributed by atoms with Crippen molar-refractivity contribution in [3.63, 3.8) is 0 Å². The Labute approximate surface area is 90.3 Å². The summed E-state index contributed by atoms with van der Waals surface area (Å²) >= 11 is 0. The second kappa shape index (κ2) is 4.05. The fourth-order valence-corrected chi connectivity index (χ4v) is 2.03. The number of rotatable bonds is 4. The lowest BCUT2D eigenvalue weighted by Crippen LogP contribution is -1.99. The summed E-state index contributed by atoms with van der Waals surface area (Å²) < 4.78 is 5.10. The predicted molar refractivity (Wildman–Crippen MR) is 59.1 cm³/mol. The van der Waals surface area contributed by atoms with Gasteiger partial charge < -0.3 is 4.74 Å². The van der Waals surface area contributed by atoms with Crippen molar-refractivity contribution < 1.29 is 9.53 Å². The zero-order valence-corrected chi connectivity index (χ0v) is 9.19. The van der Waals surface area contributed by atoms with Gasteiger partial charge in [0.15, 0.2) is 0 Å². The van der Waals surface area contributed by atoms with Crippen LogP contribution in [0, 0.1) is 5.92 Å². The summed E-state index contributed by atoms with van der Waals surface area (Å²) in [6.07, 6.45) is 1.69. The summed E-state index contributed by atoms with van der Waals surface area (Å²) in [5.41, 5.74) is 1.27. The number of hydrogen-bond acceptors (Lipinski definition) is 2. The maximum Gasteiger partial charge on any atom is 0.136 e. The summed E-state index contributed by atoms with van der Waals surface area (Å²) in [6, 6.07) is 8.04. The van der Waals surface area contributed by atoms with Crippen LogP contribution in [-0.4, -0.2) is 12.9 Å². The maximum atomic E-state index is 11.5. The van der Waals surface area contributed by atoms with E-state index in [1.807, 2.05) is 19.1 Å². The van der Waals surface area contributed by atoms with Crippen LogP contribution in [0.4, 0.5) is 0 Å². The van der Waals surface area contributed by atoms with Crippen LogP contribution in [0.3, 0.4) is 0 Å². The molecule has 15 heavy (non-hydrogen) atoms. The van der Waals surface area contributed by atoms with Gasteiger partial charge in [-0.1, -0.05) is 19.1 Å². The first-order chi connectivity index (χ1) is 7.26. The van der Waals surface area contributed by atoms with Gasteiger partial charge in [-0.3, -0.25) is 4.79 Å². The number of benzene rings is 1. The second-order valence-electron chi connectivity index (χ2n) is 4.04. The molecule has 1 aromatic rings. The number of ether oxygens (including phenoxy) is 1. The van der Waals surface area contributed by atoms with Crippen LogP contribution in [0.2, 0.25) is 0 Å². The van der Waals surface area contributed by atoms with Gasteiger partial charge in [-0.05, 0) is 30.0 Å². The lowest BCUT2D eigenvalue weighted by molar-refractivity contribution is -0.120. The van der Waals surface area contributed by atoms with Crippen LogP contribution in [0.5, 0.6) is 5.75 Å². The van der Waals surface area contributed by atoms with Crippen molar-refractivity contribution >= 4 is 5.78 Å². The summed E-state index contributed by atoms with van der Waals surface area (Å²) in [5, 5.41) is 0. The Bertz CT molecular complexity index is 353. The fourth-order valence-electron chi connectivity index (χ4n) is 2.03. The molecular formula is C13H16O2. The third kappa shape index (κ3) is 2.04. The molecule has 80 valence electrons. The highest BCUT2D eigenvalue weighted by molar-refractivity contribution is 5.84. The van der Waals surface area contributed by atoms with Crippen LogP contribution < -0.4 is 4.74 Å². The van der Waals surface area contributed by atoms with E-state index in [0.717, 1.165) is 12.2 Å². The Morgan fingerprint density at radius 1 is 1.40 bits per heavy atom. The molecule has 0 bridgehead atoms. The van der Waals surface area contributed by atoms with Crippen LogP contribution in [0.15, 0.2) is 24.3 Å². The average Bonchev–Trinajstić information content (AvgIpc) is 3.08. The molecule has 0 aromatic heterocycles. The average molecular weight is 204 g/mol. The van der Waals surface area contributed by atoms with Crippen molar-refractivity contribution in [2.75, 3.05) is 7.11 Å². The molecule has 0 spiro atoms. The molecule has 2 nitrogen and oxygen atoms in total. The Balaban J connectivity index is 2.04. The highest BCUT2D eigenvalue weighted by atomic mass is 16.5. The topological polar surface area (TPSA) is 26.3 Å². The number of ketones is 1. The van der Waals surface area contributed by atoms with Gasteiger partial charge in [0.05, 0.1) is 7.11 Å². The third-order valence-electron chi connectivity index (χ3n) is 3.10. The van der Waals surface area contributed by atoms with Crippen molar-refractivity contribution in [2.45, 2.75) is 25.7 Å². The fraction of sp³-hybridized carbons (Fsp3) is 0.462. The van der Waals surface area contributed by atoms with Crippen LogP contribution in [0.25, 0.3) is 0 Å². The molecule has 0 aliphatic heterocycles. The van der Waals surface area contributed by atoms with E-state index in [-0.39, 0.29) is 5.92 Å². The quantitative estimate of drug-likeness (QED) is 0.753. The minimum Gasteiger partial charge on any atom is -0.497 e. The van der Waals surface area contributed by atoms with E-state index in [2.05, 4.69) is 12.1 Å².